The van der Waals surface area contributed by atoms with E-state index in [0.717, 1.165) is 31.4 Å². The van der Waals surface area contributed by atoms with Crippen LogP contribution in [0.2, 0.25) is 0 Å². The predicted molar refractivity (Wildman–Crippen MR) is 68.3 cm³/mol. The zero-order valence-electron chi connectivity index (χ0n) is 11.0. The van der Waals surface area contributed by atoms with Crippen LogP contribution in [0, 0.1) is 5.92 Å². The van der Waals surface area contributed by atoms with Gasteiger partial charge in [-0.2, -0.15) is 5.10 Å². The number of hydrogen-bond donors (Lipinski definition) is 2. The predicted octanol–water partition coefficient (Wildman–Crippen LogP) is 0.873. The van der Waals surface area contributed by atoms with E-state index in [0.29, 0.717) is 18.0 Å². The minimum absolute atomic E-state index is 0.0543. The van der Waals surface area contributed by atoms with E-state index in [1.165, 1.54) is 0 Å². The van der Waals surface area contributed by atoms with E-state index >= 15 is 0 Å². The molecular formula is C13H21N3O2. The molecule has 18 heavy (non-hydrogen) atoms. The Kier molecular flexibility index (Phi) is 4.01. The molecule has 1 amide bonds. The number of hydrogen-bond acceptors (Lipinski definition) is 3. The van der Waals surface area contributed by atoms with E-state index in [1.54, 1.807) is 10.9 Å². The van der Waals surface area contributed by atoms with Gasteiger partial charge in [-0.25, -0.2) is 0 Å². The van der Waals surface area contributed by atoms with Gasteiger partial charge in [-0.05, 0) is 31.6 Å². The Morgan fingerprint density at radius 1 is 1.61 bits per heavy atom. The average molecular weight is 251 g/mol. The third kappa shape index (κ3) is 2.90. The summed E-state index contributed by atoms with van der Waals surface area (Å²) in [6.07, 6.45) is 4.98. The smallest absolute Gasteiger partial charge is 0.254 e. The minimum atomic E-state index is -0.184. The standard InChI is InChI=1S/C13H21N3O2/c1-3-12-11(8-16(2)15-12)13(18)14-7-9-4-5-10(17)6-9/h8-10,17H,3-7H2,1-2H3,(H,14,18). The molecule has 1 aromatic heterocycles. The number of aromatic nitrogens is 2. The summed E-state index contributed by atoms with van der Waals surface area (Å²) < 4.78 is 1.67. The van der Waals surface area contributed by atoms with Gasteiger partial charge in [0, 0.05) is 19.8 Å². The Bertz CT molecular complexity index is 428. The normalized spacial score (nSPS) is 23.3. The number of rotatable bonds is 4. The van der Waals surface area contributed by atoms with E-state index < -0.39 is 0 Å². The molecule has 1 saturated carbocycles. The second kappa shape index (κ2) is 5.52. The maximum atomic E-state index is 12.0. The Hall–Kier alpha value is -1.36. The third-order valence-corrected chi connectivity index (χ3v) is 3.55. The molecule has 0 aliphatic heterocycles. The van der Waals surface area contributed by atoms with Crippen LogP contribution in [0.4, 0.5) is 0 Å². The fourth-order valence-electron chi connectivity index (χ4n) is 2.55. The summed E-state index contributed by atoms with van der Waals surface area (Å²) in [5, 5.41) is 16.6. The van der Waals surface area contributed by atoms with Crippen LogP contribution in [0.3, 0.4) is 0 Å². The number of amides is 1. The lowest BCUT2D eigenvalue weighted by molar-refractivity contribution is 0.0944. The summed E-state index contributed by atoms with van der Waals surface area (Å²) in [5.41, 5.74) is 1.50. The second-order valence-electron chi connectivity index (χ2n) is 5.06. The Balaban J connectivity index is 1.91. The summed E-state index contributed by atoms with van der Waals surface area (Å²) in [6.45, 7) is 2.64. The SMILES string of the molecule is CCc1nn(C)cc1C(=O)NCC1CCC(O)C1. The molecule has 2 rings (SSSR count). The molecule has 0 radical (unpaired) electrons. The van der Waals surface area contributed by atoms with Crippen molar-refractivity contribution in [3.05, 3.63) is 17.5 Å². The highest BCUT2D eigenvalue weighted by Gasteiger charge is 2.23. The van der Waals surface area contributed by atoms with Crippen molar-refractivity contribution in [2.24, 2.45) is 13.0 Å². The zero-order chi connectivity index (χ0) is 13.1. The fourth-order valence-corrected chi connectivity index (χ4v) is 2.55. The van der Waals surface area contributed by atoms with Gasteiger partial charge in [0.15, 0.2) is 0 Å². The van der Waals surface area contributed by atoms with Crippen LogP contribution in [-0.2, 0) is 13.5 Å². The molecule has 0 aromatic carbocycles. The van der Waals surface area contributed by atoms with Crippen LogP contribution in [0.15, 0.2) is 6.20 Å². The van der Waals surface area contributed by atoms with Gasteiger partial charge in [-0.15, -0.1) is 0 Å². The molecular weight excluding hydrogens is 230 g/mol. The first-order chi connectivity index (χ1) is 8.60. The summed E-state index contributed by atoms with van der Waals surface area (Å²) >= 11 is 0. The Morgan fingerprint density at radius 3 is 3.00 bits per heavy atom. The van der Waals surface area contributed by atoms with Crippen molar-refractivity contribution in [2.45, 2.75) is 38.7 Å². The fraction of sp³-hybridized carbons (Fsp3) is 0.692. The van der Waals surface area contributed by atoms with Crippen LogP contribution in [0.1, 0.15) is 42.2 Å². The maximum Gasteiger partial charge on any atom is 0.254 e. The molecule has 0 bridgehead atoms. The molecule has 5 nitrogen and oxygen atoms in total. The van der Waals surface area contributed by atoms with E-state index in [4.69, 9.17) is 0 Å². The van der Waals surface area contributed by atoms with Crippen LogP contribution >= 0.6 is 0 Å². The zero-order valence-corrected chi connectivity index (χ0v) is 11.0. The number of aryl methyl sites for hydroxylation is 2. The third-order valence-electron chi connectivity index (χ3n) is 3.55. The number of carbonyl (C=O) groups is 1. The molecule has 100 valence electrons. The Labute approximate surface area is 107 Å². The molecule has 2 atom stereocenters. The van der Waals surface area contributed by atoms with Crippen molar-refractivity contribution >= 4 is 5.91 Å². The summed E-state index contributed by atoms with van der Waals surface area (Å²) in [6, 6.07) is 0. The van der Waals surface area contributed by atoms with Gasteiger partial charge < -0.3 is 10.4 Å². The van der Waals surface area contributed by atoms with E-state index in [2.05, 4.69) is 10.4 Å². The van der Waals surface area contributed by atoms with Gasteiger partial charge in [-0.3, -0.25) is 9.48 Å². The quantitative estimate of drug-likeness (QED) is 0.834. The second-order valence-corrected chi connectivity index (χ2v) is 5.06. The molecule has 2 unspecified atom stereocenters. The number of nitrogens with one attached hydrogen (secondary N) is 1. The first-order valence-corrected chi connectivity index (χ1v) is 6.59. The van der Waals surface area contributed by atoms with E-state index in [-0.39, 0.29) is 12.0 Å². The first kappa shape index (κ1) is 13.1. The van der Waals surface area contributed by atoms with Crippen molar-refractivity contribution in [1.82, 2.24) is 15.1 Å². The van der Waals surface area contributed by atoms with Crippen LogP contribution in [-0.4, -0.2) is 33.4 Å². The number of aliphatic hydroxyl groups excluding tert-OH is 1. The molecule has 2 N–H and O–H groups in total. The molecule has 1 aliphatic carbocycles. The van der Waals surface area contributed by atoms with Crippen molar-refractivity contribution in [1.29, 1.82) is 0 Å². The number of aliphatic hydroxyl groups is 1. The average Bonchev–Trinajstić information content (AvgIpc) is 2.92. The van der Waals surface area contributed by atoms with Gasteiger partial charge in [-0.1, -0.05) is 6.92 Å². The number of nitrogens with zero attached hydrogens (tertiary/aromatic N) is 2. The van der Waals surface area contributed by atoms with E-state index in [1.807, 2.05) is 14.0 Å². The molecule has 0 spiro atoms. The molecule has 1 aliphatic rings. The number of carbonyl (C=O) groups excluding carboxylic acids is 1. The van der Waals surface area contributed by atoms with Gasteiger partial charge in [0.05, 0.1) is 17.4 Å². The van der Waals surface area contributed by atoms with E-state index in [9.17, 15) is 9.90 Å². The van der Waals surface area contributed by atoms with Gasteiger partial charge in [0.1, 0.15) is 0 Å². The molecule has 1 fully saturated rings. The highest BCUT2D eigenvalue weighted by molar-refractivity contribution is 5.95. The Morgan fingerprint density at radius 2 is 2.39 bits per heavy atom. The monoisotopic (exact) mass is 251 g/mol. The topological polar surface area (TPSA) is 67.2 Å². The largest absolute Gasteiger partial charge is 0.393 e. The lowest BCUT2D eigenvalue weighted by atomic mass is 10.1. The van der Waals surface area contributed by atoms with Gasteiger partial charge in [0.25, 0.3) is 5.91 Å². The molecule has 5 heteroatoms. The van der Waals surface area contributed by atoms with Crippen molar-refractivity contribution < 1.29 is 9.90 Å². The molecule has 1 heterocycles. The summed E-state index contributed by atoms with van der Waals surface area (Å²) in [7, 11) is 1.82. The molecule has 0 saturated heterocycles. The highest BCUT2D eigenvalue weighted by Crippen LogP contribution is 2.24. The molecule has 1 aromatic rings. The lowest BCUT2D eigenvalue weighted by Gasteiger charge is -2.10. The summed E-state index contributed by atoms with van der Waals surface area (Å²) in [4.78, 5) is 12.0. The van der Waals surface area contributed by atoms with Crippen LogP contribution in [0.5, 0.6) is 0 Å². The first-order valence-electron chi connectivity index (χ1n) is 6.59. The van der Waals surface area contributed by atoms with Crippen molar-refractivity contribution in [3.8, 4) is 0 Å². The maximum absolute atomic E-state index is 12.0. The van der Waals surface area contributed by atoms with Crippen LogP contribution < -0.4 is 5.32 Å². The van der Waals surface area contributed by atoms with Gasteiger partial charge in [0.2, 0.25) is 0 Å². The highest BCUT2D eigenvalue weighted by atomic mass is 16.3. The lowest BCUT2D eigenvalue weighted by Crippen LogP contribution is -2.29. The minimum Gasteiger partial charge on any atom is -0.393 e. The van der Waals surface area contributed by atoms with Gasteiger partial charge >= 0.3 is 0 Å². The van der Waals surface area contributed by atoms with Crippen molar-refractivity contribution in [3.63, 3.8) is 0 Å². The van der Waals surface area contributed by atoms with Crippen molar-refractivity contribution in [2.75, 3.05) is 6.54 Å². The summed E-state index contributed by atoms with van der Waals surface area (Å²) in [5.74, 6) is 0.354. The van der Waals surface area contributed by atoms with Crippen LogP contribution in [0.25, 0.3) is 0 Å².